The van der Waals surface area contributed by atoms with Crippen molar-refractivity contribution in [3.05, 3.63) is 59.7 Å². The van der Waals surface area contributed by atoms with Crippen LogP contribution < -0.4 is 0 Å². The number of hydrogen-bond donors (Lipinski definition) is 6. The van der Waals surface area contributed by atoms with Crippen LogP contribution in [0.15, 0.2) is 58.3 Å². The zero-order chi connectivity index (χ0) is 31.7. The number of benzene rings is 2. The molecule has 2 aromatic carbocycles. The van der Waals surface area contributed by atoms with Crippen LogP contribution in [0.25, 0.3) is 0 Å². The van der Waals surface area contributed by atoms with Crippen molar-refractivity contribution in [1.82, 2.24) is 0 Å². The van der Waals surface area contributed by atoms with Gasteiger partial charge in [0, 0.05) is 0 Å². The van der Waals surface area contributed by atoms with Crippen molar-refractivity contribution in [1.29, 1.82) is 0 Å². The van der Waals surface area contributed by atoms with Crippen LogP contribution in [-0.2, 0) is 42.8 Å². The highest BCUT2D eigenvalue weighted by atomic mass is 32.2. The molecule has 0 unspecified atom stereocenters. The molecule has 2 fully saturated rings. The summed E-state index contributed by atoms with van der Waals surface area (Å²) < 4.78 is 76.6. The molecule has 2 aromatic rings. The molecule has 0 aromatic heterocycles. The molecular formula is C26H34O15S2. The minimum absolute atomic E-state index is 0.181. The number of aryl methyl sites for hydroxylation is 2. The standard InChI is InChI=1S/C26H34O15S2/c1-14-3-7-16(8-4-14)42(33,34)37-11-18-20(28)22(30)23(31)25(39-18)41-26(13-27)24(32)21(29)19(40-26)12-38-43(35,36)17-9-5-15(2)6-10-17/h3-10,18-25,27-32H,11-13H2,1-2H3/t18-,19+,20+,21-,22+,23+,24-,25+,26-/m1/s1. The summed E-state index contributed by atoms with van der Waals surface area (Å²) in [6.07, 6.45) is -14.9. The Labute approximate surface area is 248 Å². The highest BCUT2D eigenvalue weighted by Crippen LogP contribution is 2.36. The van der Waals surface area contributed by atoms with Gasteiger partial charge in [-0.1, -0.05) is 35.4 Å². The molecule has 15 nitrogen and oxygen atoms in total. The highest BCUT2D eigenvalue weighted by molar-refractivity contribution is 7.87. The van der Waals surface area contributed by atoms with E-state index < -0.39 is 94.9 Å². The molecule has 17 heteroatoms. The van der Waals surface area contributed by atoms with Crippen molar-refractivity contribution in [2.45, 2.75) is 78.4 Å². The van der Waals surface area contributed by atoms with E-state index in [4.69, 9.17) is 22.6 Å². The smallest absolute Gasteiger partial charge is 0.297 e. The number of aliphatic hydroxyl groups excluding tert-OH is 6. The van der Waals surface area contributed by atoms with Crippen molar-refractivity contribution >= 4 is 20.2 Å². The monoisotopic (exact) mass is 650 g/mol. The third-order valence-corrected chi connectivity index (χ3v) is 9.70. The van der Waals surface area contributed by atoms with E-state index in [2.05, 4.69) is 0 Å². The second-order valence-electron chi connectivity index (χ2n) is 10.3. The molecule has 0 amide bonds. The molecule has 240 valence electrons. The first kappa shape index (κ1) is 33.8. The molecule has 6 N–H and O–H groups in total. The first-order chi connectivity index (χ1) is 20.1. The van der Waals surface area contributed by atoms with Gasteiger partial charge in [-0.2, -0.15) is 16.8 Å². The second-order valence-corrected chi connectivity index (χ2v) is 13.5. The van der Waals surface area contributed by atoms with Crippen LogP contribution in [0.3, 0.4) is 0 Å². The predicted molar refractivity (Wildman–Crippen MR) is 143 cm³/mol. The van der Waals surface area contributed by atoms with Gasteiger partial charge in [0.05, 0.1) is 23.0 Å². The molecule has 0 aliphatic carbocycles. The Balaban J connectivity index is 1.45. The summed E-state index contributed by atoms with van der Waals surface area (Å²) in [5, 5.41) is 62.6. The Morgan fingerprint density at radius 1 is 0.698 bits per heavy atom. The van der Waals surface area contributed by atoms with Gasteiger partial charge < -0.3 is 44.8 Å². The largest absolute Gasteiger partial charge is 0.391 e. The zero-order valence-corrected chi connectivity index (χ0v) is 24.7. The number of rotatable bonds is 11. The molecule has 0 saturated carbocycles. The van der Waals surface area contributed by atoms with E-state index in [0.29, 0.717) is 0 Å². The van der Waals surface area contributed by atoms with E-state index in [1.165, 1.54) is 36.4 Å². The van der Waals surface area contributed by atoms with Crippen molar-refractivity contribution in [3.63, 3.8) is 0 Å². The number of ether oxygens (including phenoxy) is 3. The van der Waals surface area contributed by atoms with Crippen molar-refractivity contribution in [3.8, 4) is 0 Å². The highest BCUT2D eigenvalue weighted by Gasteiger charge is 2.58. The fourth-order valence-electron chi connectivity index (χ4n) is 4.46. The molecule has 0 radical (unpaired) electrons. The fraction of sp³-hybridized carbons (Fsp3) is 0.538. The summed E-state index contributed by atoms with van der Waals surface area (Å²) in [7, 11) is -8.64. The molecule has 0 spiro atoms. The zero-order valence-electron chi connectivity index (χ0n) is 23.0. The fourth-order valence-corrected chi connectivity index (χ4v) is 6.30. The maximum Gasteiger partial charge on any atom is 0.297 e. The van der Waals surface area contributed by atoms with Crippen molar-refractivity contribution in [2.24, 2.45) is 0 Å². The van der Waals surface area contributed by atoms with Gasteiger partial charge in [-0.05, 0) is 38.1 Å². The third kappa shape index (κ3) is 7.25. The average molecular weight is 651 g/mol. The van der Waals surface area contributed by atoms with Crippen LogP contribution in [0.5, 0.6) is 0 Å². The summed E-state index contributed by atoms with van der Waals surface area (Å²) >= 11 is 0. The van der Waals surface area contributed by atoms with Gasteiger partial charge in [0.15, 0.2) is 6.29 Å². The lowest BCUT2D eigenvalue weighted by Crippen LogP contribution is -2.62. The Hall–Kier alpha value is -2.10. The van der Waals surface area contributed by atoms with Gasteiger partial charge in [-0.3, -0.25) is 8.37 Å². The summed E-state index contributed by atoms with van der Waals surface area (Å²) in [4.78, 5) is -0.370. The van der Waals surface area contributed by atoms with Crippen molar-refractivity contribution < 1.29 is 70.1 Å². The normalized spacial score (nSPS) is 33.5. The van der Waals surface area contributed by atoms with Crippen LogP contribution in [0.4, 0.5) is 0 Å². The Bertz CT molecular complexity index is 1450. The molecule has 2 aliphatic heterocycles. The van der Waals surface area contributed by atoms with E-state index in [0.717, 1.165) is 11.1 Å². The Kier molecular flexibility index (Phi) is 10.3. The van der Waals surface area contributed by atoms with Crippen LogP contribution in [0, 0.1) is 13.8 Å². The summed E-state index contributed by atoms with van der Waals surface area (Å²) in [6, 6.07) is 11.4. The third-order valence-electron chi connectivity index (χ3n) is 7.10. The second kappa shape index (κ2) is 13.1. The Morgan fingerprint density at radius 3 is 1.63 bits per heavy atom. The van der Waals surface area contributed by atoms with Crippen molar-refractivity contribution in [2.75, 3.05) is 19.8 Å². The van der Waals surface area contributed by atoms with E-state index in [-0.39, 0.29) is 9.79 Å². The van der Waals surface area contributed by atoms with Crippen LogP contribution in [0.1, 0.15) is 11.1 Å². The SMILES string of the molecule is Cc1ccc(S(=O)(=O)OC[C@@H]2O[C@](CO)(O[C@@H]3O[C@H](COS(=O)(=O)c4ccc(C)cc4)[C@H](O)[C@H](O)[C@@H]3O)[C@H](O)[C@@H]2O)cc1. The van der Waals surface area contributed by atoms with Gasteiger partial charge in [-0.15, -0.1) is 0 Å². The molecular weight excluding hydrogens is 616 g/mol. The van der Waals surface area contributed by atoms with Crippen LogP contribution >= 0.6 is 0 Å². The quantitative estimate of drug-likeness (QED) is 0.145. The van der Waals surface area contributed by atoms with Gasteiger partial charge >= 0.3 is 0 Å². The first-order valence-electron chi connectivity index (χ1n) is 13.0. The predicted octanol–water partition coefficient (Wildman–Crippen LogP) is -1.95. The molecule has 2 heterocycles. The molecule has 2 aliphatic rings. The van der Waals surface area contributed by atoms with Crippen LogP contribution in [0.2, 0.25) is 0 Å². The topological polar surface area (TPSA) is 236 Å². The van der Waals surface area contributed by atoms with E-state index in [1.54, 1.807) is 26.0 Å². The first-order valence-corrected chi connectivity index (χ1v) is 15.9. The lowest BCUT2D eigenvalue weighted by Gasteiger charge is -2.43. The Morgan fingerprint density at radius 2 is 1.16 bits per heavy atom. The lowest BCUT2D eigenvalue weighted by atomic mass is 9.99. The summed E-state index contributed by atoms with van der Waals surface area (Å²) in [5.41, 5.74) is 1.59. The molecule has 4 rings (SSSR count). The summed E-state index contributed by atoms with van der Waals surface area (Å²) in [6.45, 7) is 0.683. The molecule has 43 heavy (non-hydrogen) atoms. The summed E-state index contributed by atoms with van der Waals surface area (Å²) in [5.74, 6) is -2.53. The maximum atomic E-state index is 12.6. The maximum absolute atomic E-state index is 12.6. The van der Waals surface area contributed by atoms with Gasteiger partial charge in [0.1, 0.15) is 49.3 Å². The van der Waals surface area contributed by atoms with E-state index in [1.807, 2.05) is 0 Å². The van der Waals surface area contributed by atoms with E-state index in [9.17, 15) is 47.5 Å². The molecule has 0 bridgehead atoms. The minimum Gasteiger partial charge on any atom is -0.391 e. The molecule has 9 atom stereocenters. The number of aliphatic hydroxyl groups is 6. The molecule has 2 saturated heterocycles. The van der Waals surface area contributed by atoms with Gasteiger partial charge in [0.2, 0.25) is 5.79 Å². The number of hydrogen-bond acceptors (Lipinski definition) is 15. The van der Waals surface area contributed by atoms with Crippen LogP contribution in [-0.4, -0.2) is 122 Å². The lowest BCUT2D eigenvalue weighted by molar-refractivity contribution is -0.383. The van der Waals surface area contributed by atoms with Gasteiger partial charge in [0.25, 0.3) is 20.2 Å². The average Bonchev–Trinajstić information content (AvgIpc) is 3.21. The van der Waals surface area contributed by atoms with Gasteiger partial charge in [-0.25, -0.2) is 0 Å². The van der Waals surface area contributed by atoms with E-state index >= 15 is 0 Å². The minimum atomic E-state index is -4.33.